The molecule has 2 aromatic heterocycles. The van der Waals surface area contributed by atoms with E-state index in [4.69, 9.17) is 5.84 Å². The fraction of sp³-hybridized carbons (Fsp3) is 0.357. The summed E-state index contributed by atoms with van der Waals surface area (Å²) in [5, 5.41) is 3.98. The Hall–Kier alpha value is -1.99. The number of hydrogen-bond donors (Lipinski definition) is 3. The van der Waals surface area contributed by atoms with Crippen LogP contribution in [0.25, 0.3) is 0 Å². The number of amides is 1. The van der Waals surface area contributed by atoms with E-state index in [1.165, 1.54) is 0 Å². The Morgan fingerprint density at radius 1 is 1.29 bits per heavy atom. The van der Waals surface area contributed by atoms with E-state index in [9.17, 15) is 4.79 Å². The summed E-state index contributed by atoms with van der Waals surface area (Å²) in [6, 6.07) is 3.26. The molecule has 0 aliphatic carbocycles. The first-order valence-electron chi connectivity index (χ1n) is 6.60. The molecule has 112 valence electrons. The number of carbonyl (C=O) groups excluding carboxylic acids is 1. The van der Waals surface area contributed by atoms with Crippen LogP contribution in [0.15, 0.2) is 12.1 Å². The number of hydrazine groups is 1. The van der Waals surface area contributed by atoms with E-state index >= 15 is 0 Å². The van der Waals surface area contributed by atoms with Crippen LogP contribution >= 0.6 is 11.3 Å². The highest BCUT2D eigenvalue weighted by molar-refractivity contribution is 7.11. The number of nitrogens with two attached hydrogens (primary N) is 1. The summed E-state index contributed by atoms with van der Waals surface area (Å²) in [7, 11) is 0. The Bertz CT molecular complexity index is 667. The Morgan fingerprint density at radius 2 is 2.00 bits per heavy atom. The van der Waals surface area contributed by atoms with E-state index in [2.05, 4.69) is 20.7 Å². The molecule has 2 rings (SSSR count). The summed E-state index contributed by atoms with van der Waals surface area (Å²) in [5.41, 5.74) is 4.68. The zero-order valence-electron chi connectivity index (χ0n) is 12.5. The number of aromatic nitrogens is 2. The molecule has 21 heavy (non-hydrogen) atoms. The monoisotopic (exact) mass is 305 g/mol. The van der Waals surface area contributed by atoms with Crippen molar-refractivity contribution < 1.29 is 4.79 Å². The number of pyridine rings is 1. The standard InChI is InChI=1S/C14H19N5OS/c1-7-5-11(6-12(16-7)19-15)14(20)18-9(3)13-8(2)17-10(4)21-13/h5-6,9H,15H2,1-4H3,(H,16,19)(H,18,20). The number of nitrogens with zero attached hydrogens (tertiary/aromatic N) is 2. The Kier molecular flexibility index (Phi) is 4.54. The first kappa shape index (κ1) is 15.4. The normalized spacial score (nSPS) is 12.0. The van der Waals surface area contributed by atoms with Gasteiger partial charge < -0.3 is 10.7 Å². The Balaban J connectivity index is 2.18. The van der Waals surface area contributed by atoms with Gasteiger partial charge in [0.25, 0.3) is 5.91 Å². The van der Waals surface area contributed by atoms with Gasteiger partial charge in [0.15, 0.2) is 0 Å². The predicted molar refractivity (Wildman–Crippen MR) is 84.3 cm³/mol. The number of thiazole rings is 1. The average Bonchev–Trinajstić information content (AvgIpc) is 2.76. The van der Waals surface area contributed by atoms with Crippen LogP contribution < -0.4 is 16.6 Å². The van der Waals surface area contributed by atoms with Crippen molar-refractivity contribution in [1.82, 2.24) is 15.3 Å². The van der Waals surface area contributed by atoms with Crippen LogP contribution in [0.1, 0.15) is 44.6 Å². The lowest BCUT2D eigenvalue weighted by molar-refractivity contribution is 0.0940. The van der Waals surface area contributed by atoms with E-state index in [-0.39, 0.29) is 11.9 Å². The lowest BCUT2D eigenvalue weighted by Crippen LogP contribution is -2.27. The first-order valence-corrected chi connectivity index (χ1v) is 7.42. The maximum atomic E-state index is 12.3. The second-order valence-electron chi connectivity index (χ2n) is 4.90. The lowest BCUT2D eigenvalue weighted by Gasteiger charge is -2.13. The van der Waals surface area contributed by atoms with Crippen LogP contribution in [0.2, 0.25) is 0 Å². The quantitative estimate of drug-likeness (QED) is 0.595. The van der Waals surface area contributed by atoms with Crippen LogP contribution in [-0.4, -0.2) is 15.9 Å². The Labute approximate surface area is 127 Å². The third kappa shape index (κ3) is 3.56. The smallest absolute Gasteiger partial charge is 0.251 e. The SMILES string of the molecule is Cc1cc(C(=O)NC(C)c2sc(C)nc2C)cc(NN)n1. The van der Waals surface area contributed by atoms with E-state index in [0.29, 0.717) is 11.4 Å². The molecule has 1 atom stereocenters. The molecule has 0 aliphatic heterocycles. The average molecular weight is 305 g/mol. The van der Waals surface area contributed by atoms with Gasteiger partial charge in [-0.1, -0.05) is 0 Å². The molecule has 0 fully saturated rings. The van der Waals surface area contributed by atoms with Crippen molar-refractivity contribution in [3.63, 3.8) is 0 Å². The Morgan fingerprint density at radius 3 is 2.57 bits per heavy atom. The maximum absolute atomic E-state index is 12.3. The molecule has 1 unspecified atom stereocenters. The minimum atomic E-state index is -0.157. The molecule has 4 N–H and O–H groups in total. The van der Waals surface area contributed by atoms with Gasteiger partial charge in [-0.25, -0.2) is 15.8 Å². The highest BCUT2D eigenvalue weighted by Gasteiger charge is 2.17. The van der Waals surface area contributed by atoms with Crippen LogP contribution in [0, 0.1) is 20.8 Å². The number of carbonyl (C=O) groups is 1. The van der Waals surface area contributed by atoms with Crippen molar-refractivity contribution in [3.8, 4) is 0 Å². The second kappa shape index (κ2) is 6.19. The van der Waals surface area contributed by atoms with Gasteiger partial charge >= 0.3 is 0 Å². The van der Waals surface area contributed by atoms with Gasteiger partial charge in [0.05, 0.1) is 16.7 Å². The van der Waals surface area contributed by atoms with Gasteiger partial charge in [-0.15, -0.1) is 11.3 Å². The highest BCUT2D eigenvalue weighted by atomic mass is 32.1. The molecule has 2 heterocycles. The van der Waals surface area contributed by atoms with Crippen molar-refractivity contribution in [1.29, 1.82) is 0 Å². The fourth-order valence-corrected chi connectivity index (χ4v) is 3.10. The molecule has 6 nitrogen and oxygen atoms in total. The largest absolute Gasteiger partial charge is 0.345 e. The van der Waals surface area contributed by atoms with E-state index in [1.807, 2.05) is 27.7 Å². The zero-order chi connectivity index (χ0) is 15.6. The van der Waals surface area contributed by atoms with E-state index in [0.717, 1.165) is 21.3 Å². The van der Waals surface area contributed by atoms with Gasteiger partial charge in [-0.2, -0.15) is 0 Å². The first-order chi connectivity index (χ1) is 9.90. The molecule has 7 heteroatoms. The molecule has 0 saturated carbocycles. The van der Waals surface area contributed by atoms with E-state index < -0.39 is 0 Å². The summed E-state index contributed by atoms with van der Waals surface area (Å²) < 4.78 is 0. The summed E-state index contributed by atoms with van der Waals surface area (Å²) in [6.45, 7) is 7.68. The van der Waals surface area contributed by atoms with E-state index in [1.54, 1.807) is 23.5 Å². The number of aryl methyl sites for hydroxylation is 3. The number of nitrogen functional groups attached to an aromatic ring is 1. The minimum absolute atomic E-state index is 0.0912. The number of anilines is 1. The van der Waals surface area contributed by atoms with Gasteiger partial charge in [-0.05, 0) is 39.8 Å². The van der Waals surface area contributed by atoms with Crippen molar-refractivity contribution in [2.24, 2.45) is 5.84 Å². The second-order valence-corrected chi connectivity index (χ2v) is 6.14. The maximum Gasteiger partial charge on any atom is 0.251 e. The van der Waals surface area contributed by atoms with Crippen LogP contribution in [0.3, 0.4) is 0 Å². The summed E-state index contributed by atoms with van der Waals surface area (Å²) in [5.74, 6) is 5.66. The molecule has 0 aliphatic rings. The number of nitrogens with one attached hydrogen (secondary N) is 2. The molecule has 0 radical (unpaired) electrons. The molecule has 0 aromatic carbocycles. The molecule has 0 spiro atoms. The number of rotatable bonds is 4. The van der Waals surface area contributed by atoms with Crippen molar-refractivity contribution in [2.75, 3.05) is 5.43 Å². The third-order valence-electron chi connectivity index (χ3n) is 3.04. The zero-order valence-corrected chi connectivity index (χ0v) is 13.3. The predicted octanol–water partition coefficient (Wildman–Crippen LogP) is 2.24. The summed E-state index contributed by atoms with van der Waals surface area (Å²) in [4.78, 5) is 22.0. The third-order valence-corrected chi connectivity index (χ3v) is 4.30. The molecule has 2 aromatic rings. The van der Waals surface area contributed by atoms with Gasteiger partial charge in [0, 0.05) is 16.1 Å². The van der Waals surface area contributed by atoms with Crippen molar-refractivity contribution in [3.05, 3.63) is 39.0 Å². The van der Waals surface area contributed by atoms with Gasteiger partial charge in [0.2, 0.25) is 0 Å². The summed E-state index contributed by atoms with van der Waals surface area (Å²) >= 11 is 1.60. The summed E-state index contributed by atoms with van der Waals surface area (Å²) in [6.07, 6.45) is 0. The van der Waals surface area contributed by atoms with Gasteiger partial charge in [-0.3, -0.25) is 4.79 Å². The van der Waals surface area contributed by atoms with Crippen molar-refractivity contribution >= 4 is 23.1 Å². The molecular weight excluding hydrogens is 286 g/mol. The molecule has 0 bridgehead atoms. The van der Waals surface area contributed by atoms with Crippen LogP contribution in [0.5, 0.6) is 0 Å². The molecular formula is C14H19N5OS. The fourth-order valence-electron chi connectivity index (χ4n) is 2.17. The van der Waals surface area contributed by atoms with Crippen LogP contribution in [-0.2, 0) is 0 Å². The molecule has 1 amide bonds. The minimum Gasteiger partial charge on any atom is -0.345 e. The van der Waals surface area contributed by atoms with Crippen molar-refractivity contribution in [2.45, 2.75) is 33.7 Å². The van der Waals surface area contributed by atoms with Gasteiger partial charge in [0.1, 0.15) is 5.82 Å². The lowest BCUT2D eigenvalue weighted by atomic mass is 10.2. The topological polar surface area (TPSA) is 92.9 Å². The molecule has 0 saturated heterocycles. The number of hydrogen-bond acceptors (Lipinski definition) is 6. The van der Waals surface area contributed by atoms with Crippen LogP contribution in [0.4, 0.5) is 5.82 Å². The highest BCUT2D eigenvalue weighted by Crippen LogP contribution is 2.24.